The minimum Gasteiger partial charge on any atom is -0.384 e. The van der Waals surface area contributed by atoms with Gasteiger partial charge in [-0.1, -0.05) is 6.07 Å². The maximum atomic E-state index is 13.0. The molecule has 2 N–H and O–H groups in total. The highest BCUT2D eigenvalue weighted by Gasteiger charge is 2.27. The zero-order valence-electron chi connectivity index (χ0n) is 14.7. The predicted octanol–water partition coefficient (Wildman–Crippen LogP) is 1.87. The maximum Gasteiger partial charge on any atom is 0.254 e. The fourth-order valence-electron chi connectivity index (χ4n) is 3.51. The van der Waals surface area contributed by atoms with Crippen molar-refractivity contribution in [3.05, 3.63) is 47.8 Å². The second-order valence-corrected chi connectivity index (χ2v) is 6.69. The second kappa shape index (κ2) is 7.29. The number of nitrogens with zero attached hydrogens (tertiary/aromatic N) is 4. The number of ether oxygens (including phenoxy) is 1. The molecule has 1 amide bonds. The van der Waals surface area contributed by atoms with Gasteiger partial charge in [-0.3, -0.25) is 4.79 Å². The van der Waals surface area contributed by atoms with Crippen LogP contribution in [0, 0.1) is 0 Å². The van der Waals surface area contributed by atoms with E-state index in [1.165, 1.54) is 12.8 Å². The van der Waals surface area contributed by atoms with Crippen LogP contribution < -0.4 is 10.6 Å². The third-order valence-electron chi connectivity index (χ3n) is 4.90. The Balaban J connectivity index is 1.50. The van der Waals surface area contributed by atoms with E-state index in [1.807, 2.05) is 23.1 Å². The minimum absolute atomic E-state index is 0.00468. The van der Waals surface area contributed by atoms with Crippen LogP contribution in [0.5, 0.6) is 0 Å². The molecular formula is C19H23N5O2. The number of amides is 1. The lowest BCUT2D eigenvalue weighted by Gasteiger charge is -2.33. The Bertz CT molecular complexity index is 791. The number of carbonyl (C=O) groups excluding carboxylic acids is 1. The van der Waals surface area contributed by atoms with Crippen molar-refractivity contribution in [3.63, 3.8) is 0 Å². The SMILES string of the molecule is Nc1cccc([C@@H]2CN(C(=O)c3ccnc(N4CCCC4)c3)CCO2)n1. The molecule has 0 unspecified atom stereocenters. The zero-order chi connectivity index (χ0) is 17.9. The summed E-state index contributed by atoms with van der Waals surface area (Å²) in [5.74, 6) is 1.35. The molecule has 0 saturated carbocycles. The lowest BCUT2D eigenvalue weighted by atomic mass is 10.1. The molecule has 1 atom stereocenters. The highest BCUT2D eigenvalue weighted by molar-refractivity contribution is 5.95. The van der Waals surface area contributed by atoms with E-state index in [-0.39, 0.29) is 12.0 Å². The highest BCUT2D eigenvalue weighted by Crippen LogP contribution is 2.24. The Labute approximate surface area is 152 Å². The van der Waals surface area contributed by atoms with Gasteiger partial charge in [0.25, 0.3) is 5.91 Å². The number of carbonyl (C=O) groups is 1. The normalized spacial score (nSPS) is 20.4. The molecule has 4 heterocycles. The van der Waals surface area contributed by atoms with Gasteiger partial charge in [-0.25, -0.2) is 9.97 Å². The van der Waals surface area contributed by atoms with E-state index in [1.54, 1.807) is 18.3 Å². The van der Waals surface area contributed by atoms with Crippen molar-refractivity contribution < 1.29 is 9.53 Å². The molecule has 2 aromatic heterocycles. The average Bonchev–Trinajstić information content (AvgIpc) is 3.22. The molecular weight excluding hydrogens is 330 g/mol. The molecule has 7 nitrogen and oxygen atoms in total. The number of aromatic nitrogens is 2. The van der Waals surface area contributed by atoms with Crippen molar-refractivity contribution in [2.24, 2.45) is 0 Å². The summed E-state index contributed by atoms with van der Waals surface area (Å²) in [5, 5.41) is 0. The monoisotopic (exact) mass is 353 g/mol. The molecule has 0 aliphatic carbocycles. The van der Waals surface area contributed by atoms with Crippen molar-refractivity contribution in [2.45, 2.75) is 18.9 Å². The van der Waals surface area contributed by atoms with Gasteiger partial charge in [0.1, 0.15) is 17.7 Å². The number of pyridine rings is 2. The first-order valence-electron chi connectivity index (χ1n) is 9.05. The molecule has 2 aliphatic heterocycles. The van der Waals surface area contributed by atoms with Crippen molar-refractivity contribution in [1.82, 2.24) is 14.9 Å². The third kappa shape index (κ3) is 3.48. The molecule has 2 aliphatic rings. The van der Waals surface area contributed by atoms with Crippen molar-refractivity contribution in [2.75, 3.05) is 43.4 Å². The smallest absolute Gasteiger partial charge is 0.254 e. The molecule has 2 aromatic rings. The number of anilines is 2. The van der Waals surface area contributed by atoms with Gasteiger partial charge >= 0.3 is 0 Å². The number of hydrogen-bond acceptors (Lipinski definition) is 6. The van der Waals surface area contributed by atoms with Crippen LogP contribution in [0.1, 0.15) is 35.0 Å². The first-order chi connectivity index (χ1) is 12.7. The van der Waals surface area contributed by atoms with Gasteiger partial charge in [0.05, 0.1) is 18.8 Å². The van der Waals surface area contributed by atoms with E-state index in [2.05, 4.69) is 14.9 Å². The highest BCUT2D eigenvalue weighted by atomic mass is 16.5. The summed E-state index contributed by atoms with van der Waals surface area (Å²) in [6.45, 7) is 3.53. The Morgan fingerprint density at radius 2 is 2.04 bits per heavy atom. The molecule has 4 rings (SSSR count). The van der Waals surface area contributed by atoms with Crippen molar-refractivity contribution in [1.29, 1.82) is 0 Å². The molecule has 26 heavy (non-hydrogen) atoms. The van der Waals surface area contributed by atoms with Crippen molar-refractivity contribution in [3.8, 4) is 0 Å². The van der Waals surface area contributed by atoms with E-state index in [0.29, 0.717) is 31.1 Å². The molecule has 0 aromatic carbocycles. The first-order valence-corrected chi connectivity index (χ1v) is 9.05. The van der Waals surface area contributed by atoms with E-state index >= 15 is 0 Å². The molecule has 0 radical (unpaired) electrons. The Morgan fingerprint density at radius 1 is 1.19 bits per heavy atom. The second-order valence-electron chi connectivity index (χ2n) is 6.69. The minimum atomic E-state index is -0.254. The van der Waals surface area contributed by atoms with Gasteiger partial charge in [-0.2, -0.15) is 0 Å². The number of nitrogens with two attached hydrogens (primary N) is 1. The lowest BCUT2D eigenvalue weighted by molar-refractivity contribution is -0.0246. The standard InChI is InChI=1S/C19H23N5O2/c20-17-5-3-4-15(22-17)16-13-24(10-11-26-16)19(25)14-6-7-21-18(12-14)23-8-1-2-9-23/h3-7,12,16H,1-2,8-11,13H2,(H2,20,22)/t16-/m0/s1. The van der Waals surface area contributed by atoms with Gasteiger partial charge in [-0.15, -0.1) is 0 Å². The van der Waals surface area contributed by atoms with Gasteiger partial charge in [0.15, 0.2) is 0 Å². The molecule has 0 bridgehead atoms. The van der Waals surface area contributed by atoms with E-state index in [4.69, 9.17) is 10.5 Å². The zero-order valence-corrected chi connectivity index (χ0v) is 14.7. The molecule has 136 valence electrons. The third-order valence-corrected chi connectivity index (χ3v) is 4.90. The van der Waals surface area contributed by atoms with Crippen LogP contribution in [0.15, 0.2) is 36.5 Å². The van der Waals surface area contributed by atoms with E-state index in [0.717, 1.165) is 24.6 Å². The summed E-state index contributed by atoms with van der Waals surface area (Å²) in [7, 11) is 0. The van der Waals surface area contributed by atoms with Gasteiger partial charge < -0.3 is 20.3 Å². The first kappa shape index (κ1) is 16.8. The topological polar surface area (TPSA) is 84.6 Å². The number of nitrogen functional groups attached to an aromatic ring is 1. The Morgan fingerprint density at radius 3 is 2.85 bits per heavy atom. The summed E-state index contributed by atoms with van der Waals surface area (Å²) < 4.78 is 5.81. The number of rotatable bonds is 3. The largest absolute Gasteiger partial charge is 0.384 e. The number of morpholine rings is 1. The number of hydrogen-bond donors (Lipinski definition) is 1. The summed E-state index contributed by atoms with van der Waals surface area (Å²) in [5.41, 5.74) is 7.20. The fourth-order valence-corrected chi connectivity index (χ4v) is 3.51. The van der Waals surface area contributed by atoms with Crippen LogP contribution in [0.2, 0.25) is 0 Å². The fraction of sp³-hybridized carbons (Fsp3) is 0.421. The van der Waals surface area contributed by atoms with Crippen LogP contribution in [0.25, 0.3) is 0 Å². The van der Waals surface area contributed by atoms with E-state index < -0.39 is 0 Å². The van der Waals surface area contributed by atoms with E-state index in [9.17, 15) is 4.79 Å². The lowest BCUT2D eigenvalue weighted by Crippen LogP contribution is -2.42. The summed E-state index contributed by atoms with van der Waals surface area (Å²) in [6, 6.07) is 9.16. The molecule has 2 fully saturated rings. The molecule has 0 spiro atoms. The summed E-state index contributed by atoms with van der Waals surface area (Å²) in [6.07, 6.45) is 3.82. The quantitative estimate of drug-likeness (QED) is 0.907. The van der Waals surface area contributed by atoms with Gasteiger partial charge in [0, 0.05) is 31.4 Å². The van der Waals surface area contributed by atoms with Crippen LogP contribution in [0.4, 0.5) is 11.6 Å². The average molecular weight is 353 g/mol. The Hall–Kier alpha value is -2.67. The predicted molar refractivity (Wildman–Crippen MR) is 98.9 cm³/mol. The van der Waals surface area contributed by atoms with Crippen LogP contribution >= 0.6 is 0 Å². The van der Waals surface area contributed by atoms with Crippen LogP contribution in [-0.2, 0) is 4.74 Å². The maximum absolute atomic E-state index is 13.0. The molecule has 7 heteroatoms. The Kier molecular flexibility index (Phi) is 4.71. The van der Waals surface area contributed by atoms with Gasteiger partial charge in [-0.05, 0) is 37.1 Å². The summed E-state index contributed by atoms with van der Waals surface area (Å²) in [4.78, 5) is 25.8. The van der Waals surface area contributed by atoms with Crippen LogP contribution in [-0.4, -0.2) is 53.6 Å². The van der Waals surface area contributed by atoms with Gasteiger partial charge in [0.2, 0.25) is 0 Å². The molecule has 2 saturated heterocycles. The summed E-state index contributed by atoms with van der Waals surface area (Å²) >= 11 is 0. The van der Waals surface area contributed by atoms with Crippen molar-refractivity contribution >= 4 is 17.5 Å². The van der Waals surface area contributed by atoms with Crippen LogP contribution in [0.3, 0.4) is 0 Å².